The molecule has 0 radical (unpaired) electrons. The molecule has 1 unspecified atom stereocenters. The summed E-state index contributed by atoms with van der Waals surface area (Å²) in [6, 6.07) is 4.35. The Morgan fingerprint density at radius 2 is 1.49 bits per heavy atom. The molecule has 1 aliphatic heterocycles. The summed E-state index contributed by atoms with van der Waals surface area (Å²) in [5, 5.41) is 0. The molecule has 2 rings (SSSR count). The summed E-state index contributed by atoms with van der Waals surface area (Å²) in [4.78, 5) is 25.7. The van der Waals surface area contributed by atoms with E-state index in [0.29, 0.717) is 17.5 Å². The number of carbonyl (C=O) groups is 2. The Hall–Kier alpha value is -2.33. The second-order valence-corrected chi connectivity index (χ2v) is 9.56. The average Bonchev–Trinajstić information content (AvgIpc) is 3.00. The van der Waals surface area contributed by atoms with Crippen molar-refractivity contribution in [1.29, 1.82) is 0 Å². The van der Waals surface area contributed by atoms with Gasteiger partial charge in [-0.3, -0.25) is 9.59 Å². The maximum atomic E-state index is 13.2. The number of rotatable bonds is 9. The quantitative estimate of drug-likeness (QED) is 0.194. The standard InChI is InChI=1S/C25H34BF3O6/c1-8-9-10-11-18(26-34-23(2,3)24(4,5)35-26)19(20(21(30)32-6)22(31)33-7)16-12-14-17(15-13-16)25(27,28)29/h11-15,19-20H,8-10H2,1-7H3/b18-11-. The number of allylic oxidation sites excluding steroid dienone is 2. The number of benzene rings is 1. The van der Waals surface area contributed by atoms with E-state index in [9.17, 15) is 22.8 Å². The van der Waals surface area contributed by atoms with E-state index in [-0.39, 0.29) is 0 Å². The molecule has 0 N–H and O–H groups in total. The summed E-state index contributed by atoms with van der Waals surface area (Å²) in [7, 11) is 1.33. The molecule has 0 bridgehead atoms. The minimum atomic E-state index is -4.54. The first-order valence-electron chi connectivity index (χ1n) is 11.6. The fraction of sp³-hybridized carbons (Fsp3) is 0.600. The molecule has 10 heteroatoms. The molecule has 1 aromatic rings. The predicted molar refractivity (Wildman–Crippen MR) is 125 cm³/mol. The van der Waals surface area contributed by atoms with Gasteiger partial charge in [-0.25, -0.2) is 0 Å². The molecule has 35 heavy (non-hydrogen) atoms. The molecule has 0 spiro atoms. The minimum absolute atomic E-state index is 0.302. The predicted octanol–water partition coefficient (Wildman–Crippen LogP) is 5.50. The van der Waals surface area contributed by atoms with Crippen molar-refractivity contribution < 1.29 is 41.5 Å². The highest BCUT2D eigenvalue weighted by Crippen LogP contribution is 2.44. The second-order valence-electron chi connectivity index (χ2n) is 9.56. The zero-order chi connectivity index (χ0) is 26.6. The van der Waals surface area contributed by atoms with E-state index in [0.717, 1.165) is 39.2 Å². The van der Waals surface area contributed by atoms with Gasteiger partial charge in [-0.05, 0) is 57.3 Å². The number of carbonyl (C=O) groups excluding carboxylic acids is 2. The molecule has 0 amide bonds. The number of halogens is 3. The Kier molecular flexibility index (Phi) is 9.22. The average molecular weight is 498 g/mol. The van der Waals surface area contributed by atoms with Crippen molar-refractivity contribution in [1.82, 2.24) is 0 Å². The lowest BCUT2D eigenvalue weighted by molar-refractivity contribution is -0.159. The van der Waals surface area contributed by atoms with E-state index in [1.807, 2.05) is 40.7 Å². The molecule has 1 heterocycles. The van der Waals surface area contributed by atoms with Crippen LogP contribution in [0.15, 0.2) is 35.8 Å². The van der Waals surface area contributed by atoms with Crippen LogP contribution in [0.3, 0.4) is 0 Å². The fourth-order valence-corrected chi connectivity index (χ4v) is 3.90. The van der Waals surface area contributed by atoms with E-state index >= 15 is 0 Å². The van der Waals surface area contributed by atoms with Gasteiger partial charge < -0.3 is 18.8 Å². The third-order valence-electron chi connectivity index (χ3n) is 6.66. The Bertz CT molecular complexity index is 892. The van der Waals surface area contributed by atoms with Crippen LogP contribution >= 0.6 is 0 Å². The summed E-state index contributed by atoms with van der Waals surface area (Å²) in [6.45, 7) is 9.47. The van der Waals surface area contributed by atoms with Gasteiger partial charge in [0.2, 0.25) is 0 Å². The van der Waals surface area contributed by atoms with Gasteiger partial charge in [0.1, 0.15) is 0 Å². The van der Waals surface area contributed by atoms with Gasteiger partial charge in [0, 0.05) is 5.92 Å². The molecular formula is C25H34BF3O6. The number of ether oxygens (including phenoxy) is 2. The zero-order valence-electron chi connectivity index (χ0n) is 21.3. The Balaban J connectivity index is 2.73. The van der Waals surface area contributed by atoms with E-state index < -0.39 is 53.8 Å². The molecule has 0 aliphatic carbocycles. The van der Waals surface area contributed by atoms with Crippen LogP contribution in [0.1, 0.15) is 70.9 Å². The van der Waals surface area contributed by atoms with Crippen LogP contribution in [-0.4, -0.2) is 44.5 Å². The highest BCUT2D eigenvalue weighted by Gasteiger charge is 2.55. The van der Waals surface area contributed by atoms with Crippen molar-refractivity contribution in [2.24, 2.45) is 5.92 Å². The fourth-order valence-electron chi connectivity index (χ4n) is 3.90. The number of alkyl halides is 3. The maximum absolute atomic E-state index is 13.2. The van der Waals surface area contributed by atoms with Crippen LogP contribution in [0.5, 0.6) is 0 Å². The molecule has 0 saturated carbocycles. The number of methoxy groups -OCH3 is 2. The van der Waals surface area contributed by atoms with Crippen LogP contribution in [0.4, 0.5) is 13.2 Å². The van der Waals surface area contributed by atoms with Gasteiger partial charge >= 0.3 is 25.2 Å². The maximum Gasteiger partial charge on any atom is 0.490 e. The molecule has 1 atom stereocenters. The zero-order valence-corrected chi connectivity index (χ0v) is 21.3. The lowest BCUT2D eigenvalue weighted by Crippen LogP contribution is -2.41. The van der Waals surface area contributed by atoms with Crippen molar-refractivity contribution in [3.05, 3.63) is 46.9 Å². The highest BCUT2D eigenvalue weighted by molar-refractivity contribution is 6.55. The van der Waals surface area contributed by atoms with E-state index in [2.05, 4.69) is 0 Å². The van der Waals surface area contributed by atoms with E-state index in [1.165, 1.54) is 12.1 Å². The highest BCUT2D eigenvalue weighted by atomic mass is 19.4. The molecule has 1 fully saturated rings. The molecule has 1 aliphatic rings. The SMILES string of the molecule is CCCC/C=C(\B1OC(C)(C)C(C)(C)O1)C(c1ccc(C(F)(F)F)cc1)C(C(=O)OC)C(=O)OC. The van der Waals surface area contributed by atoms with Gasteiger partial charge in [-0.1, -0.05) is 38.0 Å². The Labute approximate surface area is 205 Å². The molecular weight excluding hydrogens is 464 g/mol. The normalized spacial score (nSPS) is 18.5. The third-order valence-corrected chi connectivity index (χ3v) is 6.66. The summed E-state index contributed by atoms with van der Waals surface area (Å²) < 4.78 is 62.0. The number of hydrogen-bond donors (Lipinski definition) is 0. The van der Waals surface area contributed by atoms with Crippen molar-refractivity contribution >= 4 is 19.1 Å². The van der Waals surface area contributed by atoms with Gasteiger partial charge in [0.05, 0.1) is 31.0 Å². The first-order chi connectivity index (χ1) is 16.2. The molecule has 1 saturated heterocycles. The van der Waals surface area contributed by atoms with Crippen LogP contribution < -0.4 is 0 Å². The van der Waals surface area contributed by atoms with Gasteiger partial charge in [0.15, 0.2) is 5.92 Å². The van der Waals surface area contributed by atoms with Crippen molar-refractivity contribution in [3.8, 4) is 0 Å². The van der Waals surface area contributed by atoms with Gasteiger partial charge in [-0.15, -0.1) is 0 Å². The number of esters is 2. The lowest BCUT2D eigenvalue weighted by atomic mass is 9.64. The minimum Gasteiger partial charge on any atom is -0.468 e. The second kappa shape index (κ2) is 11.2. The van der Waals surface area contributed by atoms with Crippen molar-refractivity contribution in [3.63, 3.8) is 0 Å². The monoisotopic (exact) mass is 498 g/mol. The molecule has 1 aromatic carbocycles. The first kappa shape index (κ1) is 28.9. The third kappa shape index (κ3) is 6.47. The Morgan fingerprint density at radius 3 is 1.89 bits per heavy atom. The van der Waals surface area contributed by atoms with Crippen molar-refractivity contribution in [2.45, 2.75) is 77.2 Å². The largest absolute Gasteiger partial charge is 0.490 e. The van der Waals surface area contributed by atoms with E-state index in [1.54, 1.807) is 0 Å². The lowest BCUT2D eigenvalue weighted by Gasteiger charge is -2.32. The van der Waals surface area contributed by atoms with Crippen LogP contribution in [0.25, 0.3) is 0 Å². The summed E-state index contributed by atoms with van der Waals surface area (Å²) in [5.74, 6) is -4.27. The number of unbranched alkanes of at least 4 members (excludes halogenated alkanes) is 2. The number of hydrogen-bond acceptors (Lipinski definition) is 6. The molecule has 6 nitrogen and oxygen atoms in total. The summed E-state index contributed by atoms with van der Waals surface area (Å²) in [6.07, 6.45) is -0.419. The van der Waals surface area contributed by atoms with Crippen LogP contribution in [0, 0.1) is 5.92 Å². The van der Waals surface area contributed by atoms with Crippen LogP contribution in [0.2, 0.25) is 0 Å². The van der Waals surface area contributed by atoms with Crippen LogP contribution in [-0.2, 0) is 34.5 Å². The first-order valence-corrected chi connectivity index (χ1v) is 11.6. The molecule has 0 aromatic heterocycles. The van der Waals surface area contributed by atoms with Crippen molar-refractivity contribution in [2.75, 3.05) is 14.2 Å². The Morgan fingerprint density at radius 1 is 1.00 bits per heavy atom. The summed E-state index contributed by atoms with van der Waals surface area (Å²) >= 11 is 0. The summed E-state index contributed by atoms with van der Waals surface area (Å²) in [5.41, 5.74) is -1.54. The van der Waals surface area contributed by atoms with E-state index in [4.69, 9.17) is 18.8 Å². The van der Waals surface area contributed by atoms with Gasteiger partial charge in [-0.2, -0.15) is 13.2 Å². The molecule has 194 valence electrons. The smallest absolute Gasteiger partial charge is 0.468 e. The topological polar surface area (TPSA) is 71.1 Å². The van der Waals surface area contributed by atoms with Gasteiger partial charge in [0.25, 0.3) is 0 Å².